The third-order valence-corrected chi connectivity index (χ3v) is 7.07. The van der Waals surface area contributed by atoms with E-state index in [1.807, 2.05) is 54.6 Å². The van der Waals surface area contributed by atoms with Crippen LogP contribution in [-0.4, -0.2) is 33.3 Å². The number of amides is 1. The van der Waals surface area contributed by atoms with Crippen LogP contribution in [0.25, 0.3) is 16.4 Å². The zero-order chi connectivity index (χ0) is 26.4. The number of hydrogen-bond acceptors (Lipinski definition) is 3. The number of rotatable bonds is 4. The molecule has 3 aromatic carbocycles. The van der Waals surface area contributed by atoms with Gasteiger partial charge in [0.25, 0.3) is 5.91 Å². The van der Waals surface area contributed by atoms with E-state index in [1.54, 1.807) is 21.4 Å². The molecule has 0 saturated carbocycles. The van der Waals surface area contributed by atoms with E-state index in [9.17, 15) is 18.0 Å². The van der Waals surface area contributed by atoms with Crippen molar-refractivity contribution in [3.63, 3.8) is 0 Å². The van der Waals surface area contributed by atoms with Gasteiger partial charge in [0.05, 0.1) is 23.0 Å². The Morgan fingerprint density at radius 1 is 1.00 bits per heavy atom. The molecule has 1 aliphatic rings. The van der Waals surface area contributed by atoms with E-state index in [4.69, 9.17) is 16.3 Å². The number of aromatic nitrogens is 2. The monoisotopic (exact) mass is 535 g/mol. The molecule has 192 valence electrons. The molecule has 9 heteroatoms. The van der Waals surface area contributed by atoms with Gasteiger partial charge in [-0.15, -0.1) is 0 Å². The van der Waals surface area contributed by atoms with Crippen LogP contribution in [0.2, 0.25) is 5.02 Å². The van der Waals surface area contributed by atoms with E-state index in [-0.39, 0.29) is 18.2 Å². The van der Waals surface area contributed by atoms with Gasteiger partial charge >= 0.3 is 6.18 Å². The second-order valence-electron chi connectivity index (χ2n) is 9.17. The van der Waals surface area contributed by atoms with Crippen LogP contribution in [0, 0.1) is 0 Å². The Bertz CT molecular complexity index is 1660. The van der Waals surface area contributed by atoms with Gasteiger partial charge in [-0.1, -0.05) is 54.1 Å². The fourth-order valence-corrected chi connectivity index (χ4v) is 5.13. The molecule has 1 amide bonds. The molecule has 1 atom stereocenters. The molecular formula is C29H21ClF3N3O2. The summed E-state index contributed by atoms with van der Waals surface area (Å²) in [6.07, 6.45) is -2.71. The van der Waals surface area contributed by atoms with Gasteiger partial charge in [0.15, 0.2) is 6.61 Å². The van der Waals surface area contributed by atoms with Crippen molar-refractivity contribution in [3.05, 3.63) is 113 Å². The van der Waals surface area contributed by atoms with Crippen LogP contribution in [0.3, 0.4) is 0 Å². The SMILES string of the molecule is O=C(COc1ccc2ccccc2c1)N1CCc2nc3cc(C(F)(F)F)ccn3c2C1c1ccc(Cl)cc1. The number of imidazole rings is 1. The summed E-state index contributed by atoms with van der Waals surface area (Å²) in [6.45, 7) is 0.156. The third kappa shape index (κ3) is 4.45. The number of ether oxygens (including phenoxy) is 1. The highest BCUT2D eigenvalue weighted by molar-refractivity contribution is 6.30. The first-order valence-corrected chi connectivity index (χ1v) is 12.4. The van der Waals surface area contributed by atoms with Gasteiger partial charge in [-0.25, -0.2) is 4.98 Å². The molecule has 0 N–H and O–H groups in total. The highest BCUT2D eigenvalue weighted by Gasteiger charge is 2.37. The van der Waals surface area contributed by atoms with Crippen LogP contribution in [0.4, 0.5) is 13.2 Å². The molecular weight excluding hydrogens is 515 g/mol. The normalized spacial score (nSPS) is 15.6. The Labute approximate surface area is 221 Å². The number of benzene rings is 3. The topological polar surface area (TPSA) is 46.8 Å². The molecule has 0 bridgehead atoms. The number of halogens is 4. The highest BCUT2D eigenvalue weighted by atomic mass is 35.5. The molecule has 0 radical (unpaired) electrons. The number of carbonyl (C=O) groups excluding carboxylic acids is 1. The zero-order valence-electron chi connectivity index (χ0n) is 20.0. The van der Waals surface area contributed by atoms with Gasteiger partial charge in [0, 0.05) is 24.2 Å². The van der Waals surface area contributed by atoms with Crippen molar-refractivity contribution in [1.82, 2.24) is 14.3 Å². The number of carbonyl (C=O) groups is 1. The Balaban J connectivity index is 1.35. The molecule has 1 unspecified atom stereocenters. The third-order valence-electron chi connectivity index (χ3n) is 6.82. The molecule has 5 nitrogen and oxygen atoms in total. The van der Waals surface area contributed by atoms with Crippen LogP contribution in [0.5, 0.6) is 5.75 Å². The van der Waals surface area contributed by atoms with Gasteiger partial charge in [0.1, 0.15) is 11.4 Å². The summed E-state index contributed by atoms with van der Waals surface area (Å²) in [4.78, 5) is 19.7. The van der Waals surface area contributed by atoms with E-state index in [0.29, 0.717) is 35.1 Å². The number of alkyl halides is 3. The van der Waals surface area contributed by atoms with E-state index in [2.05, 4.69) is 4.98 Å². The van der Waals surface area contributed by atoms with Crippen molar-refractivity contribution in [2.45, 2.75) is 18.6 Å². The van der Waals surface area contributed by atoms with E-state index in [0.717, 1.165) is 28.5 Å². The Hall–Kier alpha value is -4.04. The molecule has 2 aromatic heterocycles. The summed E-state index contributed by atoms with van der Waals surface area (Å²) < 4.78 is 47.5. The number of nitrogens with zero attached hydrogens (tertiary/aromatic N) is 3. The average molecular weight is 536 g/mol. The van der Waals surface area contributed by atoms with E-state index < -0.39 is 17.8 Å². The lowest BCUT2D eigenvalue weighted by atomic mass is 9.95. The lowest BCUT2D eigenvalue weighted by molar-refractivity contribution is -0.137. The molecule has 38 heavy (non-hydrogen) atoms. The highest BCUT2D eigenvalue weighted by Crippen LogP contribution is 2.38. The second-order valence-corrected chi connectivity index (χ2v) is 9.61. The van der Waals surface area contributed by atoms with Crippen LogP contribution in [0.15, 0.2) is 85.1 Å². The van der Waals surface area contributed by atoms with Gasteiger partial charge < -0.3 is 14.0 Å². The van der Waals surface area contributed by atoms with Crippen LogP contribution >= 0.6 is 11.6 Å². The molecule has 3 heterocycles. The fraction of sp³-hybridized carbons (Fsp3) is 0.172. The molecule has 1 aliphatic heterocycles. The van der Waals surface area contributed by atoms with Crippen molar-refractivity contribution in [2.75, 3.05) is 13.2 Å². The van der Waals surface area contributed by atoms with E-state index >= 15 is 0 Å². The van der Waals surface area contributed by atoms with Crippen LogP contribution < -0.4 is 4.74 Å². The molecule has 6 rings (SSSR count). The summed E-state index contributed by atoms with van der Waals surface area (Å²) in [7, 11) is 0. The minimum absolute atomic E-state index is 0.186. The maximum absolute atomic E-state index is 13.5. The van der Waals surface area contributed by atoms with Gasteiger partial charge in [-0.05, 0) is 52.7 Å². The van der Waals surface area contributed by atoms with Gasteiger partial charge in [-0.2, -0.15) is 13.2 Å². The fourth-order valence-electron chi connectivity index (χ4n) is 5.00. The molecule has 5 aromatic rings. The lowest BCUT2D eigenvalue weighted by Gasteiger charge is -2.36. The van der Waals surface area contributed by atoms with Crippen LogP contribution in [-0.2, 0) is 17.4 Å². The molecule has 0 spiro atoms. The van der Waals surface area contributed by atoms with Crippen molar-refractivity contribution in [2.24, 2.45) is 0 Å². The Morgan fingerprint density at radius 3 is 2.53 bits per heavy atom. The summed E-state index contributed by atoms with van der Waals surface area (Å²) in [6, 6.07) is 22.1. The smallest absolute Gasteiger partial charge is 0.416 e. The molecule has 0 saturated heterocycles. The first kappa shape index (κ1) is 24.3. The van der Waals surface area contributed by atoms with Crippen molar-refractivity contribution in [1.29, 1.82) is 0 Å². The van der Waals surface area contributed by atoms with Gasteiger partial charge in [0.2, 0.25) is 0 Å². The number of fused-ring (bicyclic) bond motifs is 4. The summed E-state index contributed by atoms with van der Waals surface area (Å²) in [5, 5.41) is 2.61. The summed E-state index contributed by atoms with van der Waals surface area (Å²) in [5.74, 6) is 0.331. The number of pyridine rings is 1. The molecule has 0 fully saturated rings. The second kappa shape index (κ2) is 9.36. The largest absolute Gasteiger partial charge is 0.484 e. The van der Waals surface area contributed by atoms with Crippen molar-refractivity contribution < 1.29 is 22.7 Å². The Kier molecular flexibility index (Phi) is 5.99. The Morgan fingerprint density at radius 2 is 1.76 bits per heavy atom. The predicted molar refractivity (Wildman–Crippen MR) is 138 cm³/mol. The minimum atomic E-state index is -4.48. The first-order valence-electron chi connectivity index (χ1n) is 12.0. The maximum Gasteiger partial charge on any atom is 0.416 e. The maximum atomic E-state index is 13.5. The summed E-state index contributed by atoms with van der Waals surface area (Å²) in [5.41, 5.74) is 1.50. The standard InChI is InChI=1S/C29H21ClF3N3O2/c30-22-8-5-19(6-9-22)27-28-24(34-25-16-21(29(31,32)33)11-13-35(25)28)12-14-36(27)26(37)17-38-23-10-7-18-3-1-2-4-20(18)15-23/h1-11,13,15-16,27H,12,14,17H2. The average Bonchev–Trinajstić information content (AvgIpc) is 3.29. The first-order chi connectivity index (χ1) is 18.3. The van der Waals surface area contributed by atoms with Crippen LogP contribution in [0.1, 0.15) is 28.6 Å². The summed E-state index contributed by atoms with van der Waals surface area (Å²) >= 11 is 6.12. The quantitative estimate of drug-likeness (QED) is 0.257. The number of hydrogen-bond donors (Lipinski definition) is 0. The minimum Gasteiger partial charge on any atom is -0.484 e. The van der Waals surface area contributed by atoms with E-state index in [1.165, 1.54) is 6.20 Å². The lowest BCUT2D eigenvalue weighted by Crippen LogP contribution is -2.43. The molecule has 0 aliphatic carbocycles. The predicted octanol–water partition coefficient (Wildman–Crippen LogP) is 6.71. The van der Waals surface area contributed by atoms with Gasteiger partial charge in [-0.3, -0.25) is 4.79 Å². The zero-order valence-corrected chi connectivity index (χ0v) is 20.7. The van der Waals surface area contributed by atoms with Crippen molar-refractivity contribution in [3.8, 4) is 5.75 Å². The van der Waals surface area contributed by atoms with Crippen molar-refractivity contribution >= 4 is 33.9 Å².